The first kappa shape index (κ1) is 19.0. The second-order valence-electron chi connectivity index (χ2n) is 7.11. The summed E-state index contributed by atoms with van der Waals surface area (Å²) >= 11 is 0. The van der Waals surface area contributed by atoms with E-state index in [4.69, 9.17) is 0 Å². The van der Waals surface area contributed by atoms with Crippen molar-refractivity contribution in [2.45, 2.75) is 32.1 Å². The summed E-state index contributed by atoms with van der Waals surface area (Å²) in [5.41, 5.74) is 4.00. The quantitative estimate of drug-likeness (QED) is 0.699. The fraction of sp³-hybridized carbons (Fsp3) is 0.364. The molecule has 0 radical (unpaired) electrons. The van der Waals surface area contributed by atoms with Gasteiger partial charge in [-0.1, -0.05) is 11.6 Å². The van der Waals surface area contributed by atoms with Crippen LogP contribution in [0.4, 0.5) is 17.2 Å². The minimum absolute atomic E-state index is 0.131. The highest BCUT2D eigenvalue weighted by atomic mass is 16.1. The Labute approximate surface area is 161 Å². The Morgan fingerprint density at radius 1 is 1.15 bits per heavy atom. The van der Waals surface area contributed by atoms with Crippen molar-refractivity contribution in [1.82, 2.24) is 4.98 Å². The molecule has 1 aromatic carbocycles. The molecular weight excluding hydrogens is 336 g/mol. The number of benzene rings is 1. The van der Waals surface area contributed by atoms with Crippen LogP contribution in [-0.4, -0.2) is 31.5 Å². The standard InChI is InChI=1S/C22H28N4O/c1-26(2)20-10-8-19(9-11-20)25-22(27)18-13-15-24-21(16-18)23-14-12-17-6-4-3-5-7-17/h6,8-11,13,15-16H,3-5,7,12,14H2,1-2H3,(H,23,24)(H,25,27). The Bertz CT molecular complexity index is 796. The number of carbonyl (C=O) groups excluding carboxylic acids is 1. The molecule has 0 saturated carbocycles. The van der Waals surface area contributed by atoms with Gasteiger partial charge >= 0.3 is 0 Å². The highest BCUT2D eigenvalue weighted by Gasteiger charge is 2.08. The molecule has 5 nitrogen and oxygen atoms in total. The van der Waals surface area contributed by atoms with Crippen LogP contribution in [0.15, 0.2) is 54.2 Å². The lowest BCUT2D eigenvalue weighted by Crippen LogP contribution is -2.13. The largest absolute Gasteiger partial charge is 0.378 e. The summed E-state index contributed by atoms with van der Waals surface area (Å²) < 4.78 is 0. The fourth-order valence-electron chi connectivity index (χ4n) is 3.20. The molecule has 0 unspecified atom stereocenters. The Morgan fingerprint density at radius 2 is 1.96 bits per heavy atom. The molecule has 1 aromatic heterocycles. The molecule has 2 N–H and O–H groups in total. The number of carbonyl (C=O) groups is 1. The summed E-state index contributed by atoms with van der Waals surface area (Å²) in [4.78, 5) is 18.9. The average molecular weight is 364 g/mol. The van der Waals surface area contributed by atoms with Gasteiger partial charge in [-0.2, -0.15) is 0 Å². The molecule has 0 bridgehead atoms. The topological polar surface area (TPSA) is 57.3 Å². The van der Waals surface area contributed by atoms with Crippen LogP contribution in [0.2, 0.25) is 0 Å². The van der Waals surface area contributed by atoms with E-state index in [2.05, 4.69) is 21.7 Å². The molecule has 0 spiro atoms. The third kappa shape index (κ3) is 5.58. The van der Waals surface area contributed by atoms with Gasteiger partial charge in [-0.15, -0.1) is 0 Å². The van der Waals surface area contributed by atoms with Gasteiger partial charge in [0.05, 0.1) is 0 Å². The van der Waals surface area contributed by atoms with Crippen molar-refractivity contribution >= 4 is 23.1 Å². The SMILES string of the molecule is CN(C)c1ccc(NC(=O)c2ccnc(NCCC3=CCCCC3)c2)cc1. The normalized spacial score (nSPS) is 13.6. The maximum Gasteiger partial charge on any atom is 0.255 e. The zero-order valence-corrected chi connectivity index (χ0v) is 16.2. The molecule has 5 heteroatoms. The molecule has 0 atom stereocenters. The Hall–Kier alpha value is -2.82. The average Bonchev–Trinajstić information content (AvgIpc) is 2.69. The van der Waals surface area contributed by atoms with Gasteiger partial charge in [0.15, 0.2) is 0 Å². The van der Waals surface area contributed by atoms with Crippen LogP contribution in [0.25, 0.3) is 0 Å². The number of allylic oxidation sites excluding steroid dienone is 1. The molecule has 1 aliphatic carbocycles. The van der Waals surface area contributed by atoms with Crippen molar-refractivity contribution in [3.05, 3.63) is 59.8 Å². The highest BCUT2D eigenvalue weighted by molar-refractivity contribution is 6.04. The predicted molar refractivity (Wildman–Crippen MR) is 113 cm³/mol. The molecule has 0 fully saturated rings. The van der Waals surface area contributed by atoms with Crippen LogP contribution in [0.3, 0.4) is 0 Å². The Morgan fingerprint density at radius 3 is 2.67 bits per heavy atom. The molecule has 1 aliphatic rings. The maximum absolute atomic E-state index is 12.5. The van der Waals surface area contributed by atoms with Crippen molar-refractivity contribution in [3.63, 3.8) is 0 Å². The van der Waals surface area contributed by atoms with Crippen molar-refractivity contribution in [2.75, 3.05) is 36.2 Å². The number of amides is 1. The van der Waals surface area contributed by atoms with Gasteiger partial charge in [0.25, 0.3) is 5.91 Å². The van der Waals surface area contributed by atoms with Crippen LogP contribution in [0, 0.1) is 0 Å². The van der Waals surface area contributed by atoms with E-state index in [9.17, 15) is 4.79 Å². The lowest BCUT2D eigenvalue weighted by Gasteiger charge is -2.14. The molecule has 142 valence electrons. The lowest BCUT2D eigenvalue weighted by molar-refractivity contribution is 0.102. The van der Waals surface area contributed by atoms with E-state index >= 15 is 0 Å². The minimum Gasteiger partial charge on any atom is -0.378 e. The predicted octanol–water partition coefficient (Wildman–Crippen LogP) is 4.70. The third-order valence-corrected chi connectivity index (χ3v) is 4.80. The van der Waals surface area contributed by atoms with Gasteiger partial charge in [-0.3, -0.25) is 4.79 Å². The number of anilines is 3. The van der Waals surface area contributed by atoms with Crippen LogP contribution in [0.5, 0.6) is 0 Å². The van der Waals surface area contributed by atoms with E-state index in [-0.39, 0.29) is 5.91 Å². The van der Waals surface area contributed by atoms with Crippen molar-refractivity contribution in [3.8, 4) is 0 Å². The van der Waals surface area contributed by atoms with Gasteiger partial charge in [-0.05, 0) is 68.5 Å². The van der Waals surface area contributed by atoms with E-state index in [1.54, 1.807) is 18.3 Å². The van der Waals surface area contributed by atoms with Crippen molar-refractivity contribution in [2.24, 2.45) is 0 Å². The molecule has 3 rings (SSSR count). The summed E-state index contributed by atoms with van der Waals surface area (Å²) in [6.45, 7) is 0.843. The zero-order chi connectivity index (χ0) is 19.1. The molecule has 27 heavy (non-hydrogen) atoms. The van der Waals surface area contributed by atoms with Gasteiger partial charge in [0, 0.05) is 43.8 Å². The first-order valence-electron chi connectivity index (χ1n) is 9.58. The number of pyridine rings is 1. The second-order valence-corrected chi connectivity index (χ2v) is 7.11. The Balaban J connectivity index is 1.55. The zero-order valence-electron chi connectivity index (χ0n) is 16.2. The highest BCUT2D eigenvalue weighted by Crippen LogP contribution is 2.20. The van der Waals surface area contributed by atoms with E-state index in [0.717, 1.165) is 30.2 Å². The monoisotopic (exact) mass is 364 g/mol. The van der Waals surface area contributed by atoms with Gasteiger partial charge in [0.2, 0.25) is 0 Å². The van der Waals surface area contributed by atoms with Crippen LogP contribution in [-0.2, 0) is 0 Å². The summed E-state index contributed by atoms with van der Waals surface area (Å²) in [5, 5.41) is 6.27. The van der Waals surface area contributed by atoms with E-state index < -0.39 is 0 Å². The van der Waals surface area contributed by atoms with Crippen molar-refractivity contribution in [1.29, 1.82) is 0 Å². The number of aromatic nitrogens is 1. The summed E-state index contributed by atoms with van der Waals surface area (Å²) in [6, 6.07) is 11.3. The first-order valence-corrected chi connectivity index (χ1v) is 9.58. The van der Waals surface area contributed by atoms with Gasteiger partial charge in [0.1, 0.15) is 5.82 Å². The lowest BCUT2D eigenvalue weighted by atomic mass is 9.97. The van der Waals surface area contributed by atoms with Crippen molar-refractivity contribution < 1.29 is 4.79 Å². The summed E-state index contributed by atoms with van der Waals surface area (Å²) in [5.74, 6) is 0.607. The van der Waals surface area contributed by atoms with Gasteiger partial charge in [-0.25, -0.2) is 4.98 Å². The fourth-order valence-corrected chi connectivity index (χ4v) is 3.20. The van der Waals surface area contributed by atoms with Crippen LogP contribution in [0.1, 0.15) is 42.5 Å². The molecule has 2 aromatic rings. The molecule has 1 heterocycles. The minimum atomic E-state index is -0.131. The molecule has 0 saturated heterocycles. The smallest absolute Gasteiger partial charge is 0.255 e. The third-order valence-electron chi connectivity index (χ3n) is 4.80. The number of nitrogens with zero attached hydrogens (tertiary/aromatic N) is 2. The first-order chi connectivity index (χ1) is 13.1. The molecule has 0 aliphatic heterocycles. The van der Waals surface area contributed by atoms with Gasteiger partial charge < -0.3 is 15.5 Å². The van der Waals surface area contributed by atoms with E-state index in [0.29, 0.717) is 5.56 Å². The number of nitrogens with one attached hydrogen (secondary N) is 2. The number of hydrogen-bond donors (Lipinski definition) is 2. The van der Waals surface area contributed by atoms with E-state index in [1.807, 2.05) is 43.3 Å². The van der Waals surface area contributed by atoms with Crippen LogP contribution >= 0.6 is 0 Å². The van der Waals surface area contributed by atoms with E-state index in [1.165, 1.54) is 31.3 Å². The summed E-state index contributed by atoms with van der Waals surface area (Å²) in [6.07, 6.45) is 10.1. The maximum atomic E-state index is 12.5. The second kappa shape index (κ2) is 9.21. The number of hydrogen-bond acceptors (Lipinski definition) is 4. The summed E-state index contributed by atoms with van der Waals surface area (Å²) in [7, 11) is 3.98. The number of rotatable bonds is 7. The molecule has 1 amide bonds. The van der Waals surface area contributed by atoms with Crippen LogP contribution < -0.4 is 15.5 Å². The molecular formula is C22H28N4O. The Kier molecular flexibility index (Phi) is 6.47.